The monoisotopic (exact) mass is 294 g/mol. The fourth-order valence-electron chi connectivity index (χ4n) is 2.44. The first kappa shape index (κ1) is 10.8. The van der Waals surface area contributed by atoms with Gasteiger partial charge in [0.1, 0.15) is 0 Å². The van der Waals surface area contributed by atoms with Gasteiger partial charge in [-0.3, -0.25) is 0 Å². The molecule has 16 heavy (non-hydrogen) atoms. The molecule has 1 saturated carbocycles. The molecule has 2 atom stereocenters. The normalized spacial score (nSPS) is 24.6. The zero-order chi connectivity index (χ0) is 11.3. The third-order valence-electron chi connectivity index (χ3n) is 3.75. The molecule has 1 aromatic carbocycles. The van der Waals surface area contributed by atoms with Crippen molar-refractivity contribution in [3.8, 4) is 0 Å². The van der Waals surface area contributed by atoms with Crippen molar-refractivity contribution < 1.29 is 0 Å². The third kappa shape index (κ3) is 1.63. The summed E-state index contributed by atoms with van der Waals surface area (Å²) in [6.45, 7) is 4.72. The zero-order valence-electron chi connectivity index (χ0n) is 9.53. The molecule has 0 bridgehead atoms. The number of halogens is 1. The quantitative estimate of drug-likeness (QED) is 0.652. The van der Waals surface area contributed by atoms with E-state index in [0.29, 0.717) is 10.2 Å². The van der Waals surface area contributed by atoms with Crippen LogP contribution in [-0.4, -0.2) is 0 Å². The van der Waals surface area contributed by atoms with Crippen molar-refractivity contribution in [2.45, 2.75) is 25.1 Å². The number of rotatable bonds is 2. The molecule has 0 aliphatic heterocycles. The summed E-state index contributed by atoms with van der Waals surface area (Å²) < 4.78 is 1.40. The SMILES string of the molecule is CC1(C)CC1C(Br)c1csc2ccccc12. The molecule has 0 N–H and O–H groups in total. The molecule has 1 fully saturated rings. The van der Waals surface area contributed by atoms with E-state index < -0.39 is 0 Å². The molecule has 1 aliphatic rings. The molecule has 0 nitrogen and oxygen atoms in total. The molecule has 84 valence electrons. The lowest BCUT2D eigenvalue weighted by atomic mass is 10.0. The fourth-order valence-corrected chi connectivity index (χ4v) is 4.89. The number of fused-ring (bicyclic) bond motifs is 1. The van der Waals surface area contributed by atoms with Crippen molar-refractivity contribution in [3.63, 3.8) is 0 Å². The maximum atomic E-state index is 3.90. The highest BCUT2D eigenvalue weighted by molar-refractivity contribution is 9.09. The van der Waals surface area contributed by atoms with Crippen molar-refractivity contribution in [1.29, 1.82) is 0 Å². The number of hydrogen-bond acceptors (Lipinski definition) is 1. The van der Waals surface area contributed by atoms with Gasteiger partial charge in [-0.15, -0.1) is 11.3 Å². The summed E-state index contributed by atoms with van der Waals surface area (Å²) in [5.74, 6) is 0.797. The average Bonchev–Trinajstić information content (AvgIpc) is 2.74. The van der Waals surface area contributed by atoms with Gasteiger partial charge in [0.15, 0.2) is 0 Å². The Labute approximate surface area is 109 Å². The van der Waals surface area contributed by atoms with Crippen molar-refractivity contribution in [2.75, 3.05) is 0 Å². The topological polar surface area (TPSA) is 0 Å². The molecule has 0 saturated heterocycles. The van der Waals surface area contributed by atoms with Crippen LogP contribution in [0.2, 0.25) is 0 Å². The van der Waals surface area contributed by atoms with E-state index in [4.69, 9.17) is 0 Å². The van der Waals surface area contributed by atoms with Gasteiger partial charge in [0, 0.05) is 9.53 Å². The van der Waals surface area contributed by atoms with Crippen LogP contribution in [0.15, 0.2) is 29.6 Å². The molecule has 0 spiro atoms. The molecular formula is C14H15BrS. The minimum absolute atomic E-state index is 0.525. The number of benzene rings is 1. The van der Waals surface area contributed by atoms with Crippen molar-refractivity contribution in [1.82, 2.24) is 0 Å². The van der Waals surface area contributed by atoms with Crippen LogP contribution >= 0.6 is 27.3 Å². The van der Waals surface area contributed by atoms with Crippen LogP contribution in [0.3, 0.4) is 0 Å². The molecule has 2 aromatic rings. The van der Waals surface area contributed by atoms with E-state index in [2.05, 4.69) is 59.4 Å². The Bertz CT molecular complexity index is 526. The van der Waals surface area contributed by atoms with Crippen LogP contribution in [0.25, 0.3) is 10.1 Å². The lowest BCUT2D eigenvalue weighted by molar-refractivity contribution is 0.556. The summed E-state index contributed by atoms with van der Waals surface area (Å²) in [4.78, 5) is 0.527. The molecule has 1 heterocycles. The van der Waals surface area contributed by atoms with Crippen molar-refractivity contribution in [2.24, 2.45) is 11.3 Å². The summed E-state index contributed by atoms with van der Waals surface area (Å²) >= 11 is 5.75. The number of alkyl halides is 1. The van der Waals surface area contributed by atoms with Crippen LogP contribution in [0.5, 0.6) is 0 Å². The molecule has 0 radical (unpaired) electrons. The second kappa shape index (κ2) is 3.58. The minimum atomic E-state index is 0.525. The Morgan fingerprint density at radius 1 is 1.38 bits per heavy atom. The van der Waals surface area contributed by atoms with Gasteiger partial charge in [0.05, 0.1) is 0 Å². The van der Waals surface area contributed by atoms with E-state index in [1.807, 2.05) is 11.3 Å². The van der Waals surface area contributed by atoms with Crippen LogP contribution in [0, 0.1) is 11.3 Å². The Kier molecular flexibility index (Phi) is 2.41. The Morgan fingerprint density at radius 2 is 2.06 bits per heavy atom. The summed E-state index contributed by atoms with van der Waals surface area (Å²) in [6, 6.07) is 8.70. The van der Waals surface area contributed by atoms with Crippen molar-refractivity contribution >= 4 is 37.4 Å². The predicted octanol–water partition coefficient (Wildman–Crippen LogP) is 5.38. The Hall–Kier alpha value is -0.340. The first-order chi connectivity index (χ1) is 7.59. The second-order valence-electron chi connectivity index (χ2n) is 5.39. The molecule has 2 unspecified atom stereocenters. The number of thiophene rings is 1. The highest BCUT2D eigenvalue weighted by Crippen LogP contribution is 2.61. The van der Waals surface area contributed by atoms with E-state index in [-0.39, 0.29) is 0 Å². The minimum Gasteiger partial charge on any atom is -0.143 e. The zero-order valence-corrected chi connectivity index (χ0v) is 11.9. The molecule has 3 rings (SSSR count). The first-order valence-corrected chi connectivity index (χ1v) is 7.49. The molecule has 1 aromatic heterocycles. The summed E-state index contributed by atoms with van der Waals surface area (Å²) in [6.07, 6.45) is 1.34. The van der Waals surface area contributed by atoms with E-state index in [1.165, 1.54) is 22.1 Å². The van der Waals surface area contributed by atoms with Crippen LogP contribution in [0.4, 0.5) is 0 Å². The molecule has 0 amide bonds. The van der Waals surface area contributed by atoms with Crippen molar-refractivity contribution in [3.05, 3.63) is 35.2 Å². The number of hydrogen-bond donors (Lipinski definition) is 0. The Balaban J connectivity index is 2.00. The standard InChI is InChI=1S/C14H15BrS/c1-14(2)7-11(14)13(15)10-8-16-12-6-4-3-5-9(10)12/h3-6,8,11,13H,7H2,1-2H3. The lowest BCUT2D eigenvalue weighted by Gasteiger charge is -2.10. The van der Waals surface area contributed by atoms with Gasteiger partial charge >= 0.3 is 0 Å². The van der Waals surface area contributed by atoms with Gasteiger partial charge in [0.25, 0.3) is 0 Å². The average molecular weight is 295 g/mol. The fraction of sp³-hybridized carbons (Fsp3) is 0.429. The summed E-state index contributed by atoms with van der Waals surface area (Å²) in [5, 5.41) is 3.75. The maximum absolute atomic E-state index is 3.90. The highest BCUT2D eigenvalue weighted by Gasteiger charge is 2.50. The van der Waals surface area contributed by atoms with E-state index in [0.717, 1.165) is 5.92 Å². The highest BCUT2D eigenvalue weighted by atomic mass is 79.9. The van der Waals surface area contributed by atoms with Gasteiger partial charge < -0.3 is 0 Å². The van der Waals surface area contributed by atoms with Gasteiger partial charge in [-0.2, -0.15) is 0 Å². The first-order valence-electron chi connectivity index (χ1n) is 5.70. The summed E-state index contributed by atoms with van der Waals surface area (Å²) in [5.41, 5.74) is 2.01. The third-order valence-corrected chi connectivity index (χ3v) is 5.86. The van der Waals surface area contributed by atoms with Crippen LogP contribution < -0.4 is 0 Å². The van der Waals surface area contributed by atoms with Gasteiger partial charge in [-0.25, -0.2) is 0 Å². The molecular weight excluding hydrogens is 280 g/mol. The lowest BCUT2D eigenvalue weighted by Crippen LogP contribution is -1.97. The summed E-state index contributed by atoms with van der Waals surface area (Å²) in [7, 11) is 0. The van der Waals surface area contributed by atoms with Gasteiger partial charge in [0.2, 0.25) is 0 Å². The van der Waals surface area contributed by atoms with Gasteiger partial charge in [-0.1, -0.05) is 48.0 Å². The van der Waals surface area contributed by atoms with Gasteiger partial charge in [-0.05, 0) is 40.1 Å². The Morgan fingerprint density at radius 3 is 2.75 bits per heavy atom. The van der Waals surface area contributed by atoms with Crippen LogP contribution in [0.1, 0.15) is 30.7 Å². The van der Waals surface area contributed by atoms with E-state index in [9.17, 15) is 0 Å². The molecule has 1 aliphatic carbocycles. The van der Waals surface area contributed by atoms with E-state index >= 15 is 0 Å². The second-order valence-corrected chi connectivity index (χ2v) is 7.29. The smallest absolute Gasteiger partial charge is 0.0443 e. The predicted molar refractivity (Wildman–Crippen MR) is 75.4 cm³/mol. The van der Waals surface area contributed by atoms with E-state index in [1.54, 1.807) is 0 Å². The largest absolute Gasteiger partial charge is 0.143 e. The molecule has 2 heteroatoms. The maximum Gasteiger partial charge on any atom is 0.0443 e. The van der Waals surface area contributed by atoms with Crippen LogP contribution in [-0.2, 0) is 0 Å².